The van der Waals surface area contributed by atoms with Gasteiger partial charge in [-0.05, 0) is 86.8 Å². The highest BCUT2D eigenvalue weighted by Gasteiger charge is 2.33. The highest BCUT2D eigenvalue weighted by Crippen LogP contribution is 2.47. The molecular formula is C32H38ClN3O3. The standard InChI is InChI=1S/C32H38ClN3O3/c1-20-13-22-15-23(14-20)31-27(16-22)36-26-18-24(33)9-10-25(26)32(31)34-12-6-4-3-5-7-30(38)35-19-21-8-11-28(37)29(17-21)39-2/h8-11,13,17-18,22-23,37H,3-7,12,14-16,19H2,1-2H3,(H,34,36)(H,35,38). The van der Waals surface area contributed by atoms with Crippen LogP contribution in [0.25, 0.3) is 10.9 Å². The number of amides is 1. The van der Waals surface area contributed by atoms with E-state index in [1.54, 1.807) is 18.2 Å². The molecule has 2 atom stereocenters. The second-order valence-electron chi connectivity index (χ2n) is 11.0. The second-order valence-corrected chi connectivity index (χ2v) is 11.4. The molecule has 7 heteroatoms. The van der Waals surface area contributed by atoms with E-state index in [-0.39, 0.29) is 11.7 Å². The van der Waals surface area contributed by atoms with Gasteiger partial charge in [-0.15, -0.1) is 0 Å². The smallest absolute Gasteiger partial charge is 0.220 e. The number of carbonyl (C=O) groups is 1. The first kappa shape index (κ1) is 27.3. The number of nitrogens with zero attached hydrogens (tertiary/aromatic N) is 1. The third kappa shape index (κ3) is 6.50. The predicted molar refractivity (Wildman–Crippen MR) is 158 cm³/mol. The highest BCUT2D eigenvalue weighted by molar-refractivity contribution is 6.31. The van der Waals surface area contributed by atoms with E-state index < -0.39 is 0 Å². The maximum Gasteiger partial charge on any atom is 0.220 e. The van der Waals surface area contributed by atoms with Gasteiger partial charge in [0, 0.05) is 46.9 Å². The van der Waals surface area contributed by atoms with Crippen molar-refractivity contribution in [3.63, 3.8) is 0 Å². The van der Waals surface area contributed by atoms with Gasteiger partial charge in [0.1, 0.15) is 0 Å². The number of pyridine rings is 1. The summed E-state index contributed by atoms with van der Waals surface area (Å²) in [7, 11) is 1.51. The molecule has 5 rings (SSSR count). The van der Waals surface area contributed by atoms with Gasteiger partial charge < -0.3 is 20.5 Å². The number of aromatic nitrogens is 1. The SMILES string of the molecule is COc1cc(CNC(=O)CCCCCCNc2c3c(nc4cc(Cl)ccc24)CC2C=C(C)CC3C2)ccc1O. The maximum atomic E-state index is 12.3. The molecule has 3 N–H and O–H groups in total. The summed E-state index contributed by atoms with van der Waals surface area (Å²) >= 11 is 6.32. The van der Waals surface area contributed by atoms with Gasteiger partial charge in [-0.2, -0.15) is 0 Å². The van der Waals surface area contributed by atoms with E-state index in [1.165, 1.54) is 36.0 Å². The van der Waals surface area contributed by atoms with Gasteiger partial charge in [-0.3, -0.25) is 9.78 Å². The molecule has 0 saturated carbocycles. The summed E-state index contributed by atoms with van der Waals surface area (Å²) in [5.74, 6) is 1.67. The van der Waals surface area contributed by atoms with Gasteiger partial charge in [0.15, 0.2) is 11.5 Å². The number of hydrogen-bond donors (Lipinski definition) is 3. The molecule has 2 unspecified atom stereocenters. The van der Waals surface area contributed by atoms with Crippen LogP contribution in [0.15, 0.2) is 48.0 Å². The van der Waals surface area contributed by atoms with Crippen LogP contribution in [-0.4, -0.2) is 29.7 Å². The van der Waals surface area contributed by atoms with Gasteiger partial charge in [0.25, 0.3) is 0 Å². The van der Waals surface area contributed by atoms with Gasteiger partial charge in [0.05, 0.1) is 12.6 Å². The van der Waals surface area contributed by atoms with Gasteiger partial charge in [-0.1, -0.05) is 42.2 Å². The lowest BCUT2D eigenvalue weighted by molar-refractivity contribution is -0.121. The Kier molecular flexibility index (Phi) is 8.61. The number of carbonyl (C=O) groups excluding carboxylic acids is 1. The Balaban J connectivity index is 1.11. The molecule has 2 aliphatic carbocycles. The Morgan fingerprint density at radius 1 is 1.13 bits per heavy atom. The summed E-state index contributed by atoms with van der Waals surface area (Å²) in [6, 6.07) is 11.2. The van der Waals surface area contributed by atoms with E-state index in [0.717, 1.165) is 66.6 Å². The minimum absolute atomic E-state index is 0.0452. The molecule has 2 bridgehead atoms. The Labute approximate surface area is 235 Å². The fourth-order valence-electron chi connectivity index (χ4n) is 6.17. The minimum Gasteiger partial charge on any atom is -0.504 e. The molecule has 0 spiro atoms. The number of phenols is 1. The van der Waals surface area contributed by atoms with Crippen LogP contribution in [0.4, 0.5) is 5.69 Å². The number of unbranched alkanes of at least 4 members (excludes halogenated alkanes) is 3. The van der Waals surface area contributed by atoms with Gasteiger partial charge in [-0.25, -0.2) is 0 Å². The number of fused-ring (bicyclic) bond motifs is 5. The van der Waals surface area contributed by atoms with Crippen LogP contribution >= 0.6 is 11.6 Å². The average Bonchev–Trinajstić information content (AvgIpc) is 2.91. The topological polar surface area (TPSA) is 83.5 Å². The number of nitrogens with one attached hydrogen (secondary N) is 2. The monoisotopic (exact) mass is 547 g/mol. The lowest BCUT2D eigenvalue weighted by Gasteiger charge is -2.36. The van der Waals surface area contributed by atoms with Gasteiger partial charge >= 0.3 is 0 Å². The highest BCUT2D eigenvalue weighted by atomic mass is 35.5. The van der Waals surface area contributed by atoms with Crippen LogP contribution in [-0.2, 0) is 17.8 Å². The quantitative estimate of drug-likeness (QED) is 0.173. The van der Waals surface area contributed by atoms with E-state index in [2.05, 4.69) is 29.7 Å². The van der Waals surface area contributed by atoms with E-state index in [0.29, 0.717) is 30.6 Å². The third-order valence-corrected chi connectivity index (χ3v) is 8.21. The summed E-state index contributed by atoms with van der Waals surface area (Å²) in [5.41, 5.74) is 7.25. The molecule has 6 nitrogen and oxygen atoms in total. The molecule has 2 aliphatic rings. The lowest BCUT2D eigenvalue weighted by atomic mass is 9.71. The maximum absolute atomic E-state index is 12.3. The molecule has 1 amide bonds. The van der Waals surface area contributed by atoms with Crippen LogP contribution in [0.1, 0.15) is 74.6 Å². The van der Waals surface area contributed by atoms with Crippen LogP contribution in [0.3, 0.4) is 0 Å². The number of aromatic hydroxyl groups is 1. The Morgan fingerprint density at radius 2 is 1.97 bits per heavy atom. The van der Waals surface area contributed by atoms with Crippen molar-refractivity contribution in [1.82, 2.24) is 10.3 Å². The molecular weight excluding hydrogens is 510 g/mol. The number of benzene rings is 2. The first-order chi connectivity index (χ1) is 18.9. The van der Waals surface area contributed by atoms with Crippen molar-refractivity contribution >= 4 is 34.1 Å². The van der Waals surface area contributed by atoms with Gasteiger partial charge in [0.2, 0.25) is 5.91 Å². The van der Waals surface area contributed by atoms with Crippen molar-refractivity contribution < 1.29 is 14.6 Å². The van der Waals surface area contributed by atoms with Crippen molar-refractivity contribution in [3.8, 4) is 11.5 Å². The summed E-state index contributed by atoms with van der Waals surface area (Å²) in [6.07, 6.45) is 10.3. The molecule has 0 saturated heterocycles. The molecule has 0 aliphatic heterocycles. The van der Waals surface area contributed by atoms with Crippen LogP contribution in [0, 0.1) is 5.92 Å². The number of methoxy groups -OCH3 is 1. The Morgan fingerprint density at radius 3 is 2.82 bits per heavy atom. The molecule has 1 aromatic heterocycles. The van der Waals surface area contributed by atoms with Crippen molar-refractivity contribution in [2.45, 2.75) is 70.8 Å². The molecule has 39 heavy (non-hydrogen) atoms. The van der Waals surface area contributed by atoms with Crippen molar-refractivity contribution in [2.75, 3.05) is 19.0 Å². The lowest BCUT2D eigenvalue weighted by Crippen LogP contribution is -2.24. The fraction of sp³-hybridized carbons (Fsp3) is 0.438. The minimum atomic E-state index is 0.0452. The molecule has 2 aromatic carbocycles. The number of anilines is 1. The van der Waals surface area contributed by atoms with E-state index in [1.807, 2.05) is 12.1 Å². The number of hydrogen-bond acceptors (Lipinski definition) is 5. The van der Waals surface area contributed by atoms with E-state index >= 15 is 0 Å². The molecule has 0 fully saturated rings. The van der Waals surface area contributed by atoms with Crippen molar-refractivity contribution in [3.05, 3.63) is 69.9 Å². The van der Waals surface area contributed by atoms with Crippen LogP contribution in [0.2, 0.25) is 5.02 Å². The fourth-order valence-corrected chi connectivity index (χ4v) is 6.34. The van der Waals surface area contributed by atoms with Crippen molar-refractivity contribution in [1.29, 1.82) is 0 Å². The Bertz CT molecular complexity index is 1390. The predicted octanol–water partition coefficient (Wildman–Crippen LogP) is 7.28. The summed E-state index contributed by atoms with van der Waals surface area (Å²) < 4.78 is 5.13. The Hall–Kier alpha value is -3.25. The molecule has 0 radical (unpaired) electrons. The molecule has 3 aromatic rings. The zero-order valence-electron chi connectivity index (χ0n) is 22.9. The first-order valence-electron chi connectivity index (χ1n) is 14.1. The van der Waals surface area contributed by atoms with E-state index in [9.17, 15) is 9.90 Å². The number of allylic oxidation sites excluding steroid dienone is 2. The summed E-state index contributed by atoms with van der Waals surface area (Å²) in [6.45, 7) is 3.58. The zero-order valence-corrected chi connectivity index (χ0v) is 23.6. The number of rotatable bonds is 11. The number of phenolic OH excluding ortho intramolecular Hbond substituents is 1. The first-order valence-corrected chi connectivity index (χ1v) is 14.4. The van der Waals surface area contributed by atoms with Crippen LogP contribution in [0.5, 0.6) is 11.5 Å². The number of ether oxygens (including phenoxy) is 1. The van der Waals surface area contributed by atoms with Crippen molar-refractivity contribution in [2.24, 2.45) is 5.92 Å². The average molecular weight is 548 g/mol. The zero-order chi connectivity index (χ0) is 27.4. The third-order valence-electron chi connectivity index (χ3n) is 7.97. The normalized spacial score (nSPS) is 17.9. The molecule has 206 valence electrons. The summed E-state index contributed by atoms with van der Waals surface area (Å²) in [5, 5.41) is 18.3. The largest absolute Gasteiger partial charge is 0.504 e. The van der Waals surface area contributed by atoms with Crippen LogP contribution < -0.4 is 15.4 Å². The summed E-state index contributed by atoms with van der Waals surface area (Å²) in [4.78, 5) is 17.4. The van der Waals surface area contributed by atoms with E-state index in [4.69, 9.17) is 21.3 Å². The second kappa shape index (κ2) is 12.3. The molecule has 1 heterocycles. The number of halogens is 1.